The third-order valence-electron chi connectivity index (χ3n) is 3.47. The second kappa shape index (κ2) is 4.65. The molecule has 94 valence electrons. The quantitative estimate of drug-likeness (QED) is 0.669. The molecular weight excluding hydrogens is 246 g/mol. The molecule has 1 amide bonds. The van der Waals surface area contributed by atoms with Crippen molar-refractivity contribution in [1.29, 1.82) is 0 Å². The lowest BCUT2D eigenvalue weighted by atomic mass is 9.74. The number of nitrogens with one attached hydrogen (secondary N) is 1. The number of rotatable bonds is 3. The van der Waals surface area contributed by atoms with E-state index in [-0.39, 0.29) is 5.91 Å². The first kappa shape index (κ1) is 11.6. The highest BCUT2D eigenvalue weighted by molar-refractivity contribution is 7.09. The molecule has 0 unspecified atom stereocenters. The van der Waals surface area contributed by atoms with Crippen molar-refractivity contribution in [2.45, 2.75) is 26.2 Å². The van der Waals surface area contributed by atoms with Crippen LogP contribution in [0, 0.1) is 18.8 Å². The molecule has 1 fully saturated rings. The summed E-state index contributed by atoms with van der Waals surface area (Å²) < 4.78 is 0. The topological polar surface area (TPSA) is 54.4 Å². The van der Waals surface area contributed by atoms with Gasteiger partial charge in [-0.15, -0.1) is 11.3 Å². The molecule has 18 heavy (non-hydrogen) atoms. The standard InChI is InChI=1S/C13H15N3OS/c1-8-7-18-13(14-8)6-12(17)16-15-11-5-9-3-2-4-10(9)11/h2-3,7,9-10H,4-6H2,1H3,(H,16,17)/b15-11-/t9-,10+/m0/s1. The van der Waals surface area contributed by atoms with Crippen LogP contribution in [0.5, 0.6) is 0 Å². The summed E-state index contributed by atoms with van der Waals surface area (Å²) in [7, 11) is 0. The lowest BCUT2D eigenvalue weighted by Gasteiger charge is -2.31. The molecule has 0 bridgehead atoms. The number of amides is 1. The van der Waals surface area contributed by atoms with E-state index >= 15 is 0 Å². The summed E-state index contributed by atoms with van der Waals surface area (Å²) in [5.41, 5.74) is 4.74. The van der Waals surface area contributed by atoms with Crippen molar-refractivity contribution in [2.24, 2.45) is 16.9 Å². The van der Waals surface area contributed by atoms with Gasteiger partial charge >= 0.3 is 0 Å². The van der Waals surface area contributed by atoms with Crippen molar-refractivity contribution in [2.75, 3.05) is 0 Å². The Kier molecular flexibility index (Phi) is 2.99. The summed E-state index contributed by atoms with van der Waals surface area (Å²) in [6.07, 6.45) is 6.85. The van der Waals surface area contributed by atoms with Gasteiger partial charge in [-0.05, 0) is 25.7 Å². The maximum atomic E-state index is 11.7. The molecule has 0 saturated heterocycles. The van der Waals surface area contributed by atoms with Gasteiger partial charge in [0.25, 0.3) is 0 Å². The summed E-state index contributed by atoms with van der Waals surface area (Å²) in [6, 6.07) is 0. The SMILES string of the molecule is Cc1csc(CC(=O)N/N=C2/C[C@@H]3C=CC[C@@H]23)n1. The maximum absolute atomic E-state index is 11.7. The molecule has 2 aliphatic rings. The van der Waals surface area contributed by atoms with Gasteiger partial charge in [-0.1, -0.05) is 12.2 Å². The van der Waals surface area contributed by atoms with E-state index in [4.69, 9.17) is 0 Å². The van der Waals surface area contributed by atoms with Gasteiger partial charge in [-0.25, -0.2) is 10.4 Å². The Bertz CT molecular complexity index is 532. The minimum absolute atomic E-state index is 0.0775. The number of hydrogen-bond donors (Lipinski definition) is 1. The number of carbonyl (C=O) groups excluding carboxylic acids is 1. The number of carbonyl (C=O) groups is 1. The maximum Gasteiger partial charge on any atom is 0.246 e. The third kappa shape index (κ3) is 2.22. The van der Waals surface area contributed by atoms with E-state index in [1.807, 2.05) is 12.3 Å². The highest BCUT2D eigenvalue weighted by Gasteiger charge is 2.37. The molecule has 1 heterocycles. The molecule has 0 aromatic carbocycles. The van der Waals surface area contributed by atoms with Crippen molar-refractivity contribution in [3.8, 4) is 0 Å². The first-order valence-corrected chi connectivity index (χ1v) is 7.03. The van der Waals surface area contributed by atoms with E-state index < -0.39 is 0 Å². The lowest BCUT2D eigenvalue weighted by molar-refractivity contribution is -0.120. The minimum atomic E-state index is -0.0775. The van der Waals surface area contributed by atoms with E-state index in [2.05, 4.69) is 27.7 Å². The Morgan fingerprint density at radius 3 is 3.28 bits per heavy atom. The van der Waals surface area contributed by atoms with Crippen LogP contribution in [0.3, 0.4) is 0 Å². The zero-order valence-corrected chi connectivity index (χ0v) is 11.0. The zero-order valence-electron chi connectivity index (χ0n) is 10.2. The molecule has 1 aromatic rings. The van der Waals surface area contributed by atoms with Gasteiger partial charge in [0, 0.05) is 22.7 Å². The largest absolute Gasteiger partial charge is 0.273 e. The molecular formula is C13H15N3OS. The van der Waals surface area contributed by atoms with Gasteiger partial charge in [-0.2, -0.15) is 5.10 Å². The van der Waals surface area contributed by atoms with Crippen LogP contribution in [-0.2, 0) is 11.2 Å². The predicted molar refractivity (Wildman–Crippen MR) is 71.5 cm³/mol. The number of hydrazone groups is 1. The van der Waals surface area contributed by atoms with Gasteiger partial charge in [0.15, 0.2) is 0 Å². The molecule has 2 atom stereocenters. The Balaban J connectivity index is 1.51. The average molecular weight is 261 g/mol. The molecule has 1 aromatic heterocycles. The van der Waals surface area contributed by atoms with Crippen LogP contribution in [0.15, 0.2) is 22.6 Å². The number of nitrogens with zero attached hydrogens (tertiary/aromatic N) is 2. The zero-order chi connectivity index (χ0) is 12.5. The molecule has 0 aliphatic heterocycles. The summed E-state index contributed by atoms with van der Waals surface area (Å²) in [6.45, 7) is 1.93. The Labute approximate surface area is 110 Å². The highest BCUT2D eigenvalue weighted by atomic mass is 32.1. The van der Waals surface area contributed by atoms with Crippen LogP contribution in [0.25, 0.3) is 0 Å². The van der Waals surface area contributed by atoms with E-state index in [1.54, 1.807) is 0 Å². The average Bonchev–Trinajstić information content (AvgIpc) is 2.86. The second-order valence-corrected chi connectivity index (χ2v) is 5.78. The van der Waals surface area contributed by atoms with Crippen molar-refractivity contribution in [3.05, 3.63) is 28.2 Å². The summed E-state index contributed by atoms with van der Waals surface area (Å²) >= 11 is 1.52. The van der Waals surface area contributed by atoms with Gasteiger partial charge in [0.1, 0.15) is 5.01 Å². The number of thiazole rings is 1. The smallest absolute Gasteiger partial charge is 0.246 e. The summed E-state index contributed by atoms with van der Waals surface area (Å²) in [5.74, 6) is 1.14. The van der Waals surface area contributed by atoms with Crippen LogP contribution in [-0.4, -0.2) is 16.6 Å². The molecule has 1 saturated carbocycles. The number of allylic oxidation sites excluding steroid dienone is 2. The van der Waals surface area contributed by atoms with Gasteiger partial charge in [-0.3, -0.25) is 4.79 Å². The monoisotopic (exact) mass is 261 g/mol. The van der Waals surface area contributed by atoms with Crippen LogP contribution >= 0.6 is 11.3 Å². The predicted octanol–water partition coefficient (Wildman–Crippen LogP) is 2.06. The number of aromatic nitrogens is 1. The number of aryl methyl sites for hydroxylation is 1. The van der Waals surface area contributed by atoms with E-state index in [1.165, 1.54) is 11.3 Å². The Hall–Kier alpha value is -1.49. The normalized spacial score (nSPS) is 27.1. The van der Waals surface area contributed by atoms with Crippen molar-refractivity contribution in [1.82, 2.24) is 10.4 Å². The van der Waals surface area contributed by atoms with E-state index in [0.717, 1.165) is 29.3 Å². The fourth-order valence-electron chi connectivity index (χ4n) is 2.46. The van der Waals surface area contributed by atoms with E-state index in [0.29, 0.717) is 18.3 Å². The van der Waals surface area contributed by atoms with Gasteiger partial charge < -0.3 is 0 Å². The molecule has 4 nitrogen and oxygen atoms in total. The molecule has 5 heteroatoms. The van der Waals surface area contributed by atoms with Crippen LogP contribution in [0.1, 0.15) is 23.5 Å². The molecule has 0 radical (unpaired) electrons. The first-order valence-electron chi connectivity index (χ1n) is 6.15. The van der Waals surface area contributed by atoms with Gasteiger partial charge in [0.2, 0.25) is 5.91 Å². The minimum Gasteiger partial charge on any atom is -0.273 e. The van der Waals surface area contributed by atoms with Crippen LogP contribution in [0.4, 0.5) is 0 Å². The fourth-order valence-corrected chi connectivity index (χ4v) is 3.23. The summed E-state index contributed by atoms with van der Waals surface area (Å²) in [5, 5.41) is 7.03. The number of fused-ring (bicyclic) bond motifs is 1. The number of hydrogen-bond acceptors (Lipinski definition) is 4. The summed E-state index contributed by atoms with van der Waals surface area (Å²) in [4.78, 5) is 16.0. The Morgan fingerprint density at radius 1 is 1.67 bits per heavy atom. The lowest BCUT2D eigenvalue weighted by Crippen LogP contribution is -2.35. The third-order valence-corrected chi connectivity index (χ3v) is 4.43. The second-order valence-electron chi connectivity index (χ2n) is 4.84. The van der Waals surface area contributed by atoms with E-state index in [9.17, 15) is 4.79 Å². The highest BCUT2D eigenvalue weighted by Crippen LogP contribution is 2.39. The van der Waals surface area contributed by atoms with Gasteiger partial charge in [0.05, 0.1) is 6.42 Å². The van der Waals surface area contributed by atoms with Crippen molar-refractivity contribution in [3.63, 3.8) is 0 Å². The molecule has 3 rings (SSSR count). The van der Waals surface area contributed by atoms with Crippen LogP contribution in [0.2, 0.25) is 0 Å². The Morgan fingerprint density at radius 2 is 2.56 bits per heavy atom. The van der Waals surface area contributed by atoms with Crippen molar-refractivity contribution >= 4 is 23.0 Å². The molecule has 1 N–H and O–H groups in total. The molecule has 2 aliphatic carbocycles. The first-order chi connectivity index (χ1) is 8.72. The molecule has 0 spiro atoms. The van der Waals surface area contributed by atoms with Crippen LogP contribution < -0.4 is 5.43 Å². The van der Waals surface area contributed by atoms with Crippen molar-refractivity contribution < 1.29 is 4.79 Å². The fraction of sp³-hybridized carbons (Fsp3) is 0.462.